The molecule has 5 aromatic rings. The monoisotopic (exact) mass is 394 g/mol. The van der Waals surface area contributed by atoms with E-state index in [2.05, 4.69) is 16.4 Å². The average molecular weight is 394 g/mol. The van der Waals surface area contributed by atoms with Crippen molar-refractivity contribution in [2.24, 2.45) is 0 Å². The van der Waals surface area contributed by atoms with Gasteiger partial charge in [0, 0.05) is 28.9 Å². The van der Waals surface area contributed by atoms with Gasteiger partial charge in [-0.2, -0.15) is 0 Å². The van der Waals surface area contributed by atoms with Crippen LogP contribution in [-0.4, -0.2) is 10.9 Å². The maximum absolute atomic E-state index is 12.9. The van der Waals surface area contributed by atoms with E-state index in [1.54, 1.807) is 0 Å². The number of amides is 1. The Morgan fingerprint density at radius 1 is 0.933 bits per heavy atom. The average Bonchev–Trinajstić information content (AvgIpc) is 3.40. The zero-order valence-corrected chi connectivity index (χ0v) is 16.5. The molecule has 4 heteroatoms. The second-order valence-corrected chi connectivity index (χ2v) is 7.46. The van der Waals surface area contributed by atoms with Gasteiger partial charge in [-0.05, 0) is 35.7 Å². The lowest BCUT2D eigenvalue weighted by molar-refractivity contribution is -0.121. The molecule has 1 amide bonds. The number of hydrogen-bond acceptors (Lipinski definition) is 2. The largest absolute Gasteiger partial charge is 0.459 e. The number of aromatic amines is 1. The molecule has 0 saturated carbocycles. The molecule has 2 aromatic heterocycles. The van der Waals surface area contributed by atoms with Crippen molar-refractivity contribution in [2.75, 3.05) is 0 Å². The summed E-state index contributed by atoms with van der Waals surface area (Å²) >= 11 is 0. The van der Waals surface area contributed by atoms with Crippen molar-refractivity contribution in [3.8, 4) is 0 Å². The van der Waals surface area contributed by atoms with Crippen LogP contribution in [-0.2, 0) is 11.2 Å². The van der Waals surface area contributed by atoms with Gasteiger partial charge in [-0.25, -0.2) is 0 Å². The highest BCUT2D eigenvalue weighted by Crippen LogP contribution is 2.28. The normalized spacial score (nSPS) is 12.3. The van der Waals surface area contributed by atoms with E-state index in [0.717, 1.165) is 33.4 Å². The van der Waals surface area contributed by atoms with Gasteiger partial charge in [0.05, 0.1) is 0 Å². The molecule has 0 aliphatic carbocycles. The van der Waals surface area contributed by atoms with Crippen LogP contribution in [0.1, 0.15) is 29.3 Å². The molecule has 30 heavy (non-hydrogen) atoms. The first-order valence-corrected chi connectivity index (χ1v) is 10.2. The highest BCUT2D eigenvalue weighted by Gasteiger charge is 2.21. The minimum absolute atomic E-state index is 0.00501. The van der Waals surface area contributed by atoms with Gasteiger partial charge in [-0.3, -0.25) is 4.79 Å². The SMILES string of the molecule is O=C(CCc1c[nH]c2ccccc12)NC(c1ccccc1)c1cc2ccccc2o1. The zero-order chi connectivity index (χ0) is 20.3. The highest BCUT2D eigenvalue weighted by molar-refractivity contribution is 5.84. The van der Waals surface area contributed by atoms with Crippen LogP contribution in [0.3, 0.4) is 0 Å². The van der Waals surface area contributed by atoms with E-state index < -0.39 is 0 Å². The van der Waals surface area contributed by atoms with E-state index in [1.165, 1.54) is 5.39 Å². The molecule has 2 heterocycles. The summed E-state index contributed by atoms with van der Waals surface area (Å²) in [6, 6.07) is 27.7. The number of benzene rings is 3. The van der Waals surface area contributed by atoms with Crippen LogP contribution in [0.5, 0.6) is 0 Å². The Morgan fingerprint density at radius 3 is 2.57 bits per heavy atom. The smallest absolute Gasteiger partial charge is 0.221 e. The lowest BCUT2D eigenvalue weighted by Gasteiger charge is -2.17. The third kappa shape index (κ3) is 3.60. The van der Waals surface area contributed by atoms with Crippen LogP contribution in [0.25, 0.3) is 21.9 Å². The molecular formula is C26H22N2O2. The molecule has 2 N–H and O–H groups in total. The second kappa shape index (κ2) is 7.91. The standard InChI is InChI=1S/C26H22N2O2/c29-25(15-14-20-17-27-22-12-6-5-11-21(20)22)28-26(18-8-2-1-3-9-18)24-16-19-10-4-7-13-23(19)30-24/h1-13,16-17,26-27H,14-15H2,(H,28,29). The summed E-state index contributed by atoms with van der Waals surface area (Å²) in [4.78, 5) is 16.2. The van der Waals surface area contributed by atoms with Gasteiger partial charge in [-0.15, -0.1) is 0 Å². The first kappa shape index (κ1) is 18.3. The number of H-pyrrole nitrogens is 1. The molecule has 0 aliphatic heterocycles. The zero-order valence-electron chi connectivity index (χ0n) is 16.5. The minimum Gasteiger partial charge on any atom is -0.459 e. The topological polar surface area (TPSA) is 58.0 Å². The Hall–Kier alpha value is -3.79. The lowest BCUT2D eigenvalue weighted by atomic mass is 10.0. The van der Waals surface area contributed by atoms with Crippen LogP contribution in [0.15, 0.2) is 95.5 Å². The molecule has 0 spiro atoms. The number of carbonyl (C=O) groups is 1. The van der Waals surface area contributed by atoms with Crippen molar-refractivity contribution in [1.29, 1.82) is 0 Å². The predicted molar refractivity (Wildman–Crippen MR) is 119 cm³/mol. The third-order valence-corrected chi connectivity index (χ3v) is 5.46. The fourth-order valence-electron chi connectivity index (χ4n) is 3.93. The van der Waals surface area contributed by atoms with Gasteiger partial charge in [0.1, 0.15) is 17.4 Å². The van der Waals surface area contributed by atoms with Crippen LogP contribution in [0, 0.1) is 0 Å². The number of fused-ring (bicyclic) bond motifs is 2. The van der Waals surface area contributed by atoms with Crippen LogP contribution in [0.2, 0.25) is 0 Å². The van der Waals surface area contributed by atoms with Gasteiger partial charge in [0.2, 0.25) is 5.91 Å². The number of aromatic nitrogens is 1. The van der Waals surface area contributed by atoms with Crippen LogP contribution < -0.4 is 5.32 Å². The second-order valence-electron chi connectivity index (χ2n) is 7.46. The fraction of sp³-hybridized carbons (Fsp3) is 0.115. The predicted octanol–water partition coefficient (Wildman–Crippen LogP) is 5.75. The molecule has 0 aliphatic rings. The van der Waals surface area contributed by atoms with E-state index in [9.17, 15) is 4.79 Å². The van der Waals surface area contributed by atoms with Crippen molar-refractivity contribution < 1.29 is 9.21 Å². The molecule has 0 fully saturated rings. The van der Waals surface area contributed by atoms with Crippen molar-refractivity contribution in [3.63, 3.8) is 0 Å². The number of rotatable bonds is 6. The minimum atomic E-state index is -0.325. The van der Waals surface area contributed by atoms with Gasteiger partial charge in [0.25, 0.3) is 0 Å². The Morgan fingerprint density at radius 2 is 1.70 bits per heavy atom. The summed E-state index contributed by atoms with van der Waals surface area (Å²) < 4.78 is 6.07. The number of furan rings is 1. The number of nitrogens with one attached hydrogen (secondary N) is 2. The maximum Gasteiger partial charge on any atom is 0.221 e. The lowest BCUT2D eigenvalue weighted by Crippen LogP contribution is -2.29. The number of para-hydroxylation sites is 2. The molecule has 4 nitrogen and oxygen atoms in total. The molecule has 0 saturated heterocycles. The number of carbonyl (C=O) groups excluding carboxylic acids is 1. The Kier molecular flexibility index (Phi) is 4.81. The van der Waals surface area contributed by atoms with Crippen molar-refractivity contribution in [3.05, 3.63) is 108 Å². The molecule has 0 bridgehead atoms. The first-order valence-electron chi connectivity index (χ1n) is 10.2. The Labute approximate surface area is 174 Å². The van der Waals surface area contributed by atoms with Gasteiger partial charge in [0.15, 0.2) is 0 Å². The molecule has 1 atom stereocenters. The fourth-order valence-corrected chi connectivity index (χ4v) is 3.93. The van der Waals surface area contributed by atoms with E-state index in [-0.39, 0.29) is 11.9 Å². The van der Waals surface area contributed by atoms with Crippen LogP contribution in [0.4, 0.5) is 0 Å². The van der Waals surface area contributed by atoms with E-state index in [0.29, 0.717) is 12.8 Å². The summed E-state index contributed by atoms with van der Waals surface area (Å²) in [7, 11) is 0. The van der Waals surface area contributed by atoms with E-state index in [1.807, 2.05) is 85.1 Å². The van der Waals surface area contributed by atoms with Crippen molar-refractivity contribution >= 4 is 27.8 Å². The third-order valence-electron chi connectivity index (χ3n) is 5.46. The summed E-state index contributed by atoms with van der Waals surface area (Å²) in [5, 5.41) is 5.38. The quantitative estimate of drug-likeness (QED) is 0.385. The molecule has 148 valence electrons. The molecule has 0 radical (unpaired) electrons. The summed E-state index contributed by atoms with van der Waals surface area (Å²) in [5.74, 6) is 0.734. The van der Waals surface area contributed by atoms with Crippen molar-refractivity contribution in [2.45, 2.75) is 18.9 Å². The Balaban J connectivity index is 1.37. The van der Waals surface area contributed by atoms with E-state index in [4.69, 9.17) is 4.42 Å². The number of hydrogen-bond donors (Lipinski definition) is 2. The molecule has 1 unspecified atom stereocenters. The summed E-state index contributed by atoms with van der Waals surface area (Å²) in [6.45, 7) is 0. The Bertz CT molecular complexity index is 1270. The van der Waals surface area contributed by atoms with E-state index >= 15 is 0 Å². The number of aryl methyl sites for hydroxylation is 1. The maximum atomic E-state index is 12.9. The summed E-state index contributed by atoms with van der Waals surface area (Å²) in [6.07, 6.45) is 3.08. The van der Waals surface area contributed by atoms with Gasteiger partial charge in [-0.1, -0.05) is 66.7 Å². The summed E-state index contributed by atoms with van der Waals surface area (Å²) in [5.41, 5.74) is 4.07. The first-order chi connectivity index (χ1) is 14.8. The van der Waals surface area contributed by atoms with Crippen molar-refractivity contribution in [1.82, 2.24) is 10.3 Å². The van der Waals surface area contributed by atoms with Gasteiger partial charge < -0.3 is 14.7 Å². The molecular weight excluding hydrogens is 372 g/mol. The highest BCUT2D eigenvalue weighted by atomic mass is 16.3. The van der Waals surface area contributed by atoms with Gasteiger partial charge >= 0.3 is 0 Å². The molecule has 5 rings (SSSR count). The molecule has 3 aromatic carbocycles. The van der Waals surface area contributed by atoms with Crippen LogP contribution >= 0.6 is 0 Å².